The molecule has 4 heteroatoms. The first-order valence-electron chi connectivity index (χ1n) is 15.0. The van der Waals surface area contributed by atoms with Crippen molar-refractivity contribution in [2.75, 3.05) is 6.61 Å². The SMILES string of the molecule is C=C1/C(=C/C=C2\CCC[C@]3(COCc4cccc(C(O)(CC)CC)c4)[C@@H](C(C)C)CC[C@@H]23)C[C@@H](O)C[C@@H]1O. The Morgan fingerprint density at radius 1 is 1.16 bits per heavy atom. The van der Waals surface area contributed by atoms with Gasteiger partial charge >= 0.3 is 0 Å². The van der Waals surface area contributed by atoms with Crippen molar-refractivity contribution in [2.24, 2.45) is 23.2 Å². The zero-order valence-corrected chi connectivity index (χ0v) is 24.1. The van der Waals surface area contributed by atoms with Crippen LogP contribution in [0.15, 0.2) is 59.7 Å². The van der Waals surface area contributed by atoms with E-state index in [2.05, 4.69) is 44.7 Å². The maximum absolute atomic E-state index is 11.0. The molecule has 38 heavy (non-hydrogen) atoms. The van der Waals surface area contributed by atoms with Gasteiger partial charge in [-0.05, 0) is 91.4 Å². The molecule has 0 amide bonds. The summed E-state index contributed by atoms with van der Waals surface area (Å²) in [5.41, 5.74) is 4.70. The van der Waals surface area contributed by atoms with E-state index in [1.54, 1.807) is 0 Å². The molecule has 1 aromatic carbocycles. The molecule has 210 valence electrons. The van der Waals surface area contributed by atoms with Crippen LogP contribution in [0.25, 0.3) is 0 Å². The largest absolute Gasteiger partial charge is 0.393 e. The predicted octanol–water partition coefficient (Wildman–Crippen LogP) is 6.99. The first-order chi connectivity index (χ1) is 18.1. The highest BCUT2D eigenvalue weighted by molar-refractivity contribution is 5.39. The minimum atomic E-state index is -0.777. The molecule has 3 aliphatic rings. The molecule has 0 radical (unpaired) electrons. The van der Waals surface area contributed by atoms with Gasteiger partial charge in [-0.25, -0.2) is 0 Å². The van der Waals surface area contributed by atoms with Crippen molar-refractivity contribution >= 4 is 0 Å². The monoisotopic (exact) mass is 522 g/mol. The van der Waals surface area contributed by atoms with E-state index in [1.807, 2.05) is 26.0 Å². The number of hydrogen-bond donors (Lipinski definition) is 3. The van der Waals surface area contributed by atoms with Crippen LogP contribution in [0.2, 0.25) is 0 Å². The standard InChI is InChI=1S/C34H50O4/c1-6-34(37,7-2)28-12-8-10-25(18-28)21-38-22-33-17-9-11-26(31(33)16-15-30(33)23(3)4)13-14-27-19-29(35)20-32(36)24(27)5/h8,10,12-14,18,23,29-32,35-37H,5-7,9,11,15-17,19-22H2,1-4H3/b26-13+,27-14+/t29-,30-,31+,32+,33+/m1/s1. The first kappa shape index (κ1) is 29.3. The number of hydrogen-bond acceptors (Lipinski definition) is 4. The summed E-state index contributed by atoms with van der Waals surface area (Å²) in [7, 11) is 0. The number of ether oxygens (including phenoxy) is 1. The van der Waals surface area contributed by atoms with Gasteiger partial charge in [0, 0.05) is 11.8 Å². The zero-order chi connectivity index (χ0) is 27.5. The molecule has 4 rings (SSSR count). The smallest absolute Gasteiger partial charge is 0.0891 e. The maximum atomic E-state index is 11.0. The third kappa shape index (κ3) is 5.89. The van der Waals surface area contributed by atoms with Crippen LogP contribution in [-0.4, -0.2) is 34.1 Å². The molecule has 0 aromatic heterocycles. The van der Waals surface area contributed by atoms with Crippen molar-refractivity contribution in [3.8, 4) is 0 Å². The van der Waals surface area contributed by atoms with Gasteiger partial charge in [0.25, 0.3) is 0 Å². The quantitative estimate of drug-likeness (QED) is 0.327. The van der Waals surface area contributed by atoms with Crippen molar-refractivity contribution in [3.63, 3.8) is 0 Å². The fourth-order valence-electron chi connectivity index (χ4n) is 7.80. The van der Waals surface area contributed by atoms with Crippen LogP contribution < -0.4 is 0 Å². The second-order valence-corrected chi connectivity index (χ2v) is 12.6. The van der Waals surface area contributed by atoms with E-state index in [1.165, 1.54) is 31.3 Å². The van der Waals surface area contributed by atoms with Crippen molar-refractivity contribution < 1.29 is 20.1 Å². The van der Waals surface area contributed by atoms with E-state index in [0.717, 1.165) is 35.3 Å². The summed E-state index contributed by atoms with van der Waals surface area (Å²) in [5.74, 6) is 1.75. The summed E-state index contributed by atoms with van der Waals surface area (Å²) in [6, 6.07) is 8.30. The fraction of sp³-hybridized carbons (Fsp3) is 0.647. The number of aliphatic hydroxyl groups excluding tert-OH is 2. The van der Waals surface area contributed by atoms with Gasteiger partial charge in [-0.3, -0.25) is 0 Å². The van der Waals surface area contributed by atoms with Gasteiger partial charge < -0.3 is 20.1 Å². The van der Waals surface area contributed by atoms with E-state index in [9.17, 15) is 15.3 Å². The molecule has 0 aliphatic heterocycles. The molecule has 3 aliphatic carbocycles. The van der Waals surface area contributed by atoms with Crippen LogP contribution in [-0.2, 0) is 16.9 Å². The van der Waals surface area contributed by atoms with Crippen LogP contribution in [0.3, 0.4) is 0 Å². The highest BCUT2D eigenvalue weighted by Crippen LogP contribution is 2.59. The van der Waals surface area contributed by atoms with E-state index in [0.29, 0.717) is 50.0 Å². The summed E-state index contributed by atoms with van der Waals surface area (Å²) in [5, 5.41) is 31.5. The Balaban J connectivity index is 1.53. The van der Waals surface area contributed by atoms with Crippen molar-refractivity contribution in [3.05, 3.63) is 70.8 Å². The van der Waals surface area contributed by atoms with Crippen molar-refractivity contribution in [1.29, 1.82) is 0 Å². The first-order valence-corrected chi connectivity index (χ1v) is 15.0. The number of aliphatic hydroxyl groups is 3. The lowest BCUT2D eigenvalue weighted by molar-refractivity contribution is -0.0343. The molecule has 5 atom stereocenters. The van der Waals surface area contributed by atoms with Crippen LogP contribution in [0.5, 0.6) is 0 Å². The average molecular weight is 523 g/mol. The third-order valence-corrected chi connectivity index (χ3v) is 10.1. The summed E-state index contributed by atoms with van der Waals surface area (Å²) in [4.78, 5) is 0. The van der Waals surface area contributed by atoms with Crippen LogP contribution >= 0.6 is 0 Å². The molecule has 3 fully saturated rings. The molecular formula is C34H50O4. The zero-order valence-electron chi connectivity index (χ0n) is 24.1. The van der Waals surface area contributed by atoms with Gasteiger partial charge in [-0.2, -0.15) is 0 Å². The number of rotatable bonds is 9. The third-order valence-electron chi connectivity index (χ3n) is 10.1. The van der Waals surface area contributed by atoms with Gasteiger partial charge in [-0.1, -0.05) is 76.3 Å². The van der Waals surface area contributed by atoms with E-state index >= 15 is 0 Å². The Morgan fingerprint density at radius 2 is 1.92 bits per heavy atom. The fourth-order valence-corrected chi connectivity index (χ4v) is 7.80. The van der Waals surface area contributed by atoms with Gasteiger partial charge in [0.2, 0.25) is 0 Å². The number of benzene rings is 1. The molecule has 0 saturated heterocycles. The lowest BCUT2D eigenvalue weighted by atomic mass is 9.60. The summed E-state index contributed by atoms with van der Waals surface area (Å²) in [6.45, 7) is 14.2. The Kier molecular flexibility index (Phi) is 9.40. The molecule has 0 spiro atoms. The predicted molar refractivity (Wildman–Crippen MR) is 154 cm³/mol. The highest BCUT2D eigenvalue weighted by Gasteiger charge is 2.53. The molecule has 4 nitrogen and oxygen atoms in total. The van der Waals surface area contributed by atoms with Gasteiger partial charge in [0.05, 0.1) is 31.0 Å². The maximum Gasteiger partial charge on any atom is 0.0891 e. The number of allylic oxidation sites excluding steroid dienone is 3. The summed E-state index contributed by atoms with van der Waals surface area (Å²) in [6.07, 6.45) is 11.5. The molecule has 3 saturated carbocycles. The lowest BCUT2D eigenvalue weighted by Gasteiger charge is -2.46. The highest BCUT2D eigenvalue weighted by atomic mass is 16.5. The average Bonchev–Trinajstić information content (AvgIpc) is 3.30. The molecule has 0 unspecified atom stereocenters. The van der Waals surface area contributed by atoms with E-state index in [4.69, 9.17) is 4.74 Å². The van der Waals surface area contributed by atoms with Gasteiger partial charge in [0.15, 0.2) is 0 Å². The Morgan fingerprint density at radius 3 is 2.63 bits per heavy atom. The Hall–Kier alpha value is -1.72. The second-order valence-electron chi connectivity index (χ2n) is 12.6. The molecule has 0 heterocycles. The van der Waals surface area contributed by atoms with Crippen molar-refractivity contribution in [1.82, 2.24) is 0 Å². The van der Waals surface area contributed by atoms with Crippen molar-refractivity contribution in [2.45, 2.75) is 110 Å². The minimum Gasteiger partial charge on any atom is -0.393 e. The van der Waals surface area contributed by atoms with Gasteiger partial charge in [-0.15, -0.1) is 0 Å². The number of fused-ring (bicyclic) bond motifs is 1. The van der Waals surface area contributed by atoms with Crippen LogP contribution in [0.4, 0.5) is 0 Å². The van der Waals surface area contributed by atoms with Crippen LogP contribution in [0, 0.1) is 23.2 Å². The molecular weight excluding hydrogens is 472 g/mol. The second kappa shape index (κ2) is 12.2. The summed E-state index contributed by atoms with van der Waals surface area (Å²) >= 11 is 0. The van der Waals surface area contributed by atoms with Crippen LogP contribution in [0.1, 0.15) is 96.6 Å². The van der Waals surface area contributed by atoms with Gasteiger partial charge in [0.1, 0.15) is 0 Å². The Bertz CT molecular complexity index is 1030. The van der Waals surface area contributed by atoms with E-state index < -0.39 is 17.8 Å². The molecule has 1 aromatic rings. The summed E-state index contributed by atoms with van der Waals surface area (Å²) < 4.78 is 6.56. The lowest BCUT2D eigenvalue weighted by Crippen LogP contribution is -2.42. The molecule has 0 bridgehead atoms. The topological polar surface area (TPSA) is 69.9 Å². The molecule has 3 N–H and O–H groups in total. The normalized spacial score (nSPS) is 32.4. The van der Waals surface area contributed by atoms with E-state index in [-0.39, 0.29) is 5.41 Å². The minimum absolute atomic E-state index is 0.143. The Labute approximate surface area is 230 Å².